The van der Waals surface area contributed by atoms with Crippen molar-refractivity contribution in [3.63, 3.8) is 0 Å². The van der Waals surface area contributed by atoms with Crippen LogP contribution < -0.4 is 0 Å². The van der Waals surface area contributed by atoms with Gasteiger partial charge in [-0.3, -0.25) is 4.79 Å². The summed E-state index contributed by atoms with van der Waals surface area (Å²) in [6.45, 7) is 7.06. The summed E-state index contributed by atoms with van der Waals surface area (Å²) in [5, 5.41) is 13.7. The minimum absolute atomic E-state index is 0.0149. The van der Waals surface area contributed by atoms with Crippen molar-refractivity contribution >= 4 is 17.9 Å². The van der Waals surface area contributed by atoms with Gasteiger partial charge < -0.3 is 14.7 Å². The molecule has 1 heterocycles. The maximum absolute atomic E-state index is 12.5. The van der Waals surface area contributed by atoms with Crippen molar-refractivity contribution < 1.29 is 14.6 Å². The summed E-state index contributed by atoms with van der Waals surface area (Å²) in [6, 6.07) is 1.46. The molecule has 7 nitrogen and oxygen atoms in total. The molecular weight excluding hydrogens is 296 g/mol. The zero-order valence-corrected chi connectivity index (χ0v) is 14.1. The van der Waals surface area contributed by atoms with Crippen molar-refractivity contribution in [1.29, 1.82) is 0 Å². The average Bonchev–Trinajstić information content (AvgIpc) is 2.98. The van der Waals surface area contributed by atoms with E-state index >= 15 is 0 Å². The van der Waals surface area contributed by atoms with E-state index in [4.69, 9.17) is 4.74 Å². The number of nitrogens with zero attached hydrogens (tertiary/aromatic N) is 4. The van der Waals surface area contributed by atoms with E-state index in [0.717, 1.165) is 0 Å². The molecule has 23 heavy (non-hydrogen) atoms. The van der Waals surface area contributed by atoms with Gasteiger partial charge in [0.25, 0.3) is 5.91 Å². The van der Waals surface area contributed by atoms with Crippen molar-refractivity contribution in [3.05, 3.63) is 30.0 Å². The van der Waals surface area contributed by atoms with E-state index < -0.39 is 0 Å². The van der Waals surface area contributed by atoms with Gasteiger partial charge in [-0.25, -0.2) is 4.99 Å². The van der Waals surface area contributed by atoms with Crippen LogP contribution in [-0.2, 0) is 9.53 Å². The fraction of sp³-hybridized carbons (Fsp3) is 0.438. The number of likely N-dealkylation sites (N-methyl/N-ethyl adjacent to an activating group) is 1. The van der Waals surface area contributed by atoms with Gasteiger partial charge in [-0.2, -0.15) is 9.78 Å². The standard InChI is InChI=1S/C16H24N4O3/c1-5-13(16(22)19(7-3)10-11-23-4)12-17-14(6-2)20-15(21)8-9-18-20/h5-6,8-9,12,21H,7,10-11H2,1-4H3/b13-5+,14-6+,17-12-. The Morgan fingerprint density at radius 3 is 2.70 bits per heavy atom. The Kier molecular flexibility index (Phi) is 7.76. The molecule has 1 rings (SSSR count). The van der Waals surface area contributed by atoms with Gasteiger partial charge in [0.05, 0.1) is 18.4 Å². The molecule has 1 aromatic heterocycles. The largest absolute Gasteiger partial charge is 0.493 e. The molecule has 0 saturated heterocycles. The predicted molar refractivity (Wildman–Crippen MR) is 90.2 cm³/mol. The van der Waals surface area contributed by atoms with Crippen LogP contribution in [0.4, 0.5) is 0 Å². The van der Waals surface area contributed by atoms with E-state index in [-0.39, 0.29) is 11.8 Å². The summed E-state index contributed by atoms with van der Waals surface area (Å²) in [7, 11) is 1.60. The number of allylic oxidation sites excluding steroid dienone is 2. The number of ether oxygens (including phenoxy) is 1. The number of carbonyl (C=O) groups is 1. The van der Waals surface area contributed by atoms with Crippen molar-refractivity contribution in [2.24, 2.45) is 4.99 Å². The molecule has 0 aromatic carbocycles. The fourth-order valence-electron chi connectivity index (χ4n) is 1.90. The van der Waals surface area contributed by atoms with E-state index in [1.54, 1.807) is 38.0 Å². The first-order valence-electron chi connectivity index (χ1n) is 7.47. The number of aromatic nitrogens is 2. The molecule has 0 radical (unpaired) electrons. The summed E-state index contributed by atoms with van der Waals surface area (Å²) in [5.41, 5.74) is 0.467. The molecule has 0 bridgehead atoms. The lowest BCUT2D eigenvalue weighted by atomic mass is 10.2. The zero-order chi connectivity index (χ0) is 17.2. The van der Waals surface area contributed by atoms with Crippen LogP contribution in [-0.4, -0.2) is 58.7 Å². The maximum atomic E-state index is 12.5. The first-order chi connectivity index (χ1) is 11.1. The maximum Gasteiger partial charge on any atom is 0.255 e. The third-order valence-corrected chi connectivity index (χ3v) is 3.23. The molecule has 0 aliphatic heterocycles. The van der Waals surface area contributed by atoms with Crippen molar-refractivity contribution in [1.82, 2.24) is 14.7 Å². The highest BCUT2D eigenvalue weighted by Crippen LogP contribution is 2.15. The van der Waals surface area contributed by atoms with E-state index in [2.05, 4.69) is 10.1 Å². The number of amides is 1. The topological polar surface area (TPSA) is 79.9 Å². The van der Waals surface area contributed by atoms with Gasteiger partial charge >= 0.3 is 0 Å². The summed E-state index contributed by atoms with van der Waals surface area (Å²) >= 11 is 0. The molecule has 0 atom stereocenters. The van der Waals surface area contributed by atoms with E-state index in [1.807, 2.05) is 6.92 Å². The molecule has 1 N–H and O–H groups in total. The second-order valence-corrected chi connectivity index (χ2v) is 4.63. The Morgan fingerprint density at radius 1 is 1.48 bits per heavy atom. The molecule has 0 aliphatic rings. The quantitative estimate of drug-likeness (QED) is 0.586. The monoisotopic (exact) mass is 320 g/mol. The minimum Gasteiger partial charge on any atom is -0.493 e. The number of aliphatic imine (C=N–C) groups is 1. The zero-order valence-electron chi connectivity index (χ0n) is 14.1. The predicted octanol–water partition coefficient (Wildman–Crippen LogP) is 1.92. The number of hydrogen-bond donors (Lipinski definition) is 1. The second kappa shape index (κ2) is 9.58. The lowest BCUT2D eigenvalue weighted by molar-refractivity contribution is -0.127. The van der Waals surface area contributed by atoms with Crippen LogP contribution in [0.25, 0.3) is 5.82 Å². The van der Waals surface area contributed by atoms with Gasteiger partial charge in [0, 0.05) is 32.5 Å². The van der Waals surface area contributed by atoms with E-state index in [9.17, 15) is 9.90 Å². The molecule has 0 aliphatic carbocycles. The Morgan fingerprint density at radius 2 is 2.22 bits per heavy atom. The summed E-state index contributed by atoms with van der Waals surface area (Å²) in [5.74, 6) is 0.300. The number of carbonyl (C=O) groups excluding carboxylic acids is 1. The highest BCUT2D eigenvalue weighted by atomic mass is 16.5. The molecule has 126 valence electrons. The Labute approximate surface area is 136 Å². The van der Waals surface area contributed by atoms with Gasteiger partial charge in [0.15, 0.2) is 5.82 Å². The number of hydrogen-bond acceptors (Lipinski definition) is 5. The first kappa shape index (κ1) is 18.6. The van der Waals surface area contributed by atoms with Gasteiger partial charge in [-0.1, -0.05) is 6.08 Å². The number of aromatic hydroxyl groups is 1. The van der Waals surface area contributed by atoms with Crippen LogP contribution >= 0.6 is 0 Å². The summed E-state index contributed by atoms with van der Waals surface area (Å²) < 4.78 is 6.31. The van der Waals surface area contributed by atoms with Crippen LogP contribution in [0.15, 0.2) is 35.0 Å². The van der Waals surface area contributed by atoms with Crippen molar-refractivity contribution in [2.45, 2.75) is 20.8 Å². The minimum atomic E-state index is -0.115. The lowest BCUT2D eigenvalue weighted by Crippen LogP contribution is -2.35. The number of methoxy groups -OCH3 is 1. The second-order valence-electron chi connectivity index (χ2n) is 4.63. The van der Waals surface area contributed by atoms with E-state index in [1.165, 1.54) is 23.2 Å². The number of rotatable bonds is 8. The fourth-order valence-corrected chi connectivity index (χ4v) is 1.90. The lowest BCUT2D eigenvalue weighted by Gasteiger charge is -2.20. The summed E-state index contributed by atoms with van der Waals surface area (Å²) in [6.07, 6.45) is 6.36. The normalized spacial score (nSPS) is 12.9. The van der Waals surface area contributed by atoms with Crippen LogP contribution in [0.5, 0.6) is 5.88 Å². The third kappa shape index (κ3) is 5.07. The molecule has 0 fully saturated rings. The molecule has 1 amide bonds. The highest BCUT2D eigenvalue weighted by Gasteiger charge is 2.15. The van der Waals surface area contributed by atoms with Crippen molar-refractivity contribution in [3.8, 4) is 5.88 Å². The molecule has 0 saturated carbocycles. The summed E-state index contributed by atoms with van der Waals surface area (Å²) in [4.78, 5) is 18.4. The third-order valence-electron chi connectivity index (χ3n) is 3.23. The first-order valence-corrected chi connectivity index (χ1v) is 7.47. The van der Waals surface area contributed by atoms with E-state index in [0.29, 0.717) is 31.1 Å². The molecule has 0 spiro atoms. The van der Waals surface area contributed by atoms with Gasteiger partial charge in [-0.15, -0.1) is 0 Å². The molecule has 7 heteroatoms. The molecule has 1 aromatic rings. The SMILES string of the molecule is C\C=C(/C=N\C(=C/C)n1nccc1O)C(=O)N(CC)CCOC. The van der Waals surface area contributed by atoms with Crippen LogP contribution in [0.3, 0.4) is 0 Å². The van der Waals surface area contributed by atoms with Gasteiger partial charge in [-0.05, 0) is 26.8 Å². The van der Waals surface area contributed by atoms with Gasteiger partial charge in [0.2, 0.25) is 5.88 Å². The average molecular weight is 320 g/mol. The van der Waals surface area contributed by atoms with Crippen LogP contribution in [0.2, 0.25) is 0 Å². The Balaban J connectivity index is 2.90. The smallest absolute Gasteiger partial charge is 0.255 e. The van der Waals surface area contributed by atoms with Crippen LogP contribution in [0.1, 0.15) is 20.8 Å². The molecular formula is C16H24N4O3. The van der Waals surface area contributed by atoms with Gasteiger partial charge in [0.1, 0.15) is 0 Å². The highest BCUT2D eigenvalue weighted by molar-refractivity contribution is 6.12. The Bertz CT molecular complexity index is 602. The van der Waals surface area contributed by atoms with Crippen LogP contribution in [0, 0.1) is 0 Å². The molecule has 0 unspecified atom stereocenters. The van der Waals surface area contributed by atoms with Crippen molar-refractivity contribution in [2.75, 3.05) is 26.8 Å². The Hall–Kier alpha value is -2.41.